The Labute approximate surface area is 125 Å². The average molecular weight is 314 g/mol. The van der Waals surface area contributed by atoms with E-state index in [0.29, 0.717) is 5.56 Å². The van der Waals surface area contributed by atoms with Crippen molar-refractivity contribution in [2.24, 2.45) is 0 Å². The van der Waals surface area contributed by atoms with Crippen LogP contribution < -0.4 is 24.8 Å². The van der Waals surface area contributed by atoms with Crippen LogP contribution >= 0.6 is 0 Å². The zero-order valence-corrected chi connectivity index (χ0v) is 11.5. The third-order valence-corrected chi connectivity index (χ3v) is 0.845. The molecule has 9 nitrogen and oxygen atoms in total. The molecule has 0 aliphatic heterocycles. The normalized spacial score (nSPS) is 4.24. The quantitative estimate of drug-likeness (QED) is 0.479. The first kappa shape index (κ1) is 68.7. The van der Waals surface area contributed by atoms with Gasteiger partial charge in [-0.2, -0.15) is 0 Å². The van der Waals surface area contributed by atoms with Crippen molar-refractivity contribution in [3.63, 3.8) is 0 Å². The average Bonchev–Trinajstić information content (AvgIpc) is 2.12. The second kappa shape index (κ2) is 36.0. The molecule has 0 amide bonds. The molecule has 1 aromatic heterocycles. The first-order valence-corrected chi connectivity index (χ1v) is 2.17. The number of carboxylic acids is 1. The third-order valence-electron chi connectivity index (χ3n) is 0.845. The van der Waals surface area contributed by atoms with Gasteiger partial charge in [-0.1, -0.05) is 0 Å². The Morgan fingerprint density at radius 1 is 1.00 bits per heavy atom. The first-order chi connectivity index (χ1) is 3.80. The first-order valence-electron chi connectivity index (χ1n) is 2.17. The molecule has 14 N–H and O–H groups in total. The van der Waals surface area contributed by atoms with Gasteiger partial charge >= 0.3 is 29.0 Å². The van der Waals surface area contributed by atoms with Crippen molar-refractivity contribution in [3.05, 3.63) is 24.0 Å². The number of aromatic amines is 1. The summed E-state index contributed by atoms with van der Waals surface area (Å²) in [4.78, 5) is 12.7. The summed E-state index contributed by atoms with van der Waals surface area (Å²) < 4.78 is 0. The van der Waals surface area contributed by atoms with Crippen molar-refractivity contribution < 1.29 is 67.6 Å². The van der Waals surface area contributed by atoms with Crippen LogP contribution in [0.2, 0.25) is 0 Å². The van der Waals surface area contributed by atoms with E-state index in [9.17, 15) is 4.79 Å². The van der Waals surface area contributed by atoms with Crippen LogP contribution in [0.15, 0.2) is 18.5 Å². The Kier molecular flexibility index (Phi) is 146. The molecule has 1 rings (SSSR count). The van der Waals surface area contributed by atoms with Gasteiger partial charge < -0.3 is 67.8 Å². The summed E-state index contributed by atoms with van der Waals surface area (Å²) in [5.41, 5.74) is 0.296. The van der Waals surface area contributed by atoms with Crippen LogP contribution in [0.3, 0.4) is 0 Å². The van der Waals surface area contributed by atoms with Gasteiger partial charge in [-0.05, 0) is 6.07 Å². The van der Waals surface area contributed by atoms with E-state index >= 15 is 0 Å². The molecule has 1 heterocycles. The number of aromatic carboxylic acids is 1. The Bertz CT molecular complexity index is 200. The zero-order valence-electron chi connectivity index (χ0n) is 8.55. The van der Waals surface area contributed by atoms with E-state index in [2.05, 4.69) is 4.98 Å². The topological polar surface area (TPSA) is 242 Å². The van der Waals surface area contributed by atoms with Crippen LogP contribution in [0.1, 0.15) is 10.4 Å². The maximum Gasteiger partial charge on any atom is 2.00 e. The van der Waals surface area contributed by atoms with E-state index in [0.717, 1.165) is 0 Å². The van der Waals surface area contributed by atoms with Crippen LogP contribution in [-0.4, -0.2) is 72.0 Å². The molecular weight excluding hydrogens is 297 g/mol. The van der Waals surface area contributed by atoms with Crippen molar-refractivity contribution in [1.29, 1.82) is 0 Å². The summed E-state index contributed by atoms with van der Waals surface area (Å²) in [6.07, 6.45) is 3.01. The molecule has 0 radical (unpaired) electrons. The number of hydrogen-bond donors (Lipinski definition) is 2. The number of rotatable bonds is 1. The molecule has 1 aromatic rings. The molecule has 17 heavy (non-hydrogen) atoms. The second-order valence-corrected chi connectivity index (χ2v) is 1.40. The fraction of sp³-hybridized carbons (Fsp3) is 0. The summed E-state index contributed by atoms with van der Waals surface area (Å²) in [6, 6.07) is 1.50. The van der Waals surface area contributed by atoms with Gasteiger partial charge in [0.15, 0.2) is 0 Å². The van der Waals surface area contributed by atoms with E-state index in [4.69, 9.17) is 5.11 Å². The van der Waals surface area contributed by atoms with Gasteiger partial charge in [0.05, 0.1) is 5.56 Å². The molecule has 0 saturated carbocycles. The molecule has 0 aliphatic rings. The molecule has 0 bridgehead atoms. The molecular formula is C5H17Cl2MgNO8. The summed E-state index contributed by atoms with van der Waals surface area (Å²) >= 11 is 0. The molecule has 0 aromatic carbocycles. The number of nitrogens with one attached hydrogen (secondary N) is 1. The molecule has 106 valence electrons. The zero-order chi connectivity index (χ0) is 5.98. The SMILES string of the molecule is O.O.O.O.O.O.O=C(O)c1cc[nH]c1.[Cl-].[Cl-].[Mg+2]. The maximum atomic E-state index is 10.0. The summed E-state index contributed by atoms with van der Waals surface area (Å²) in [5, 5.41) is 8.25. The predicted molar refractivity (Wildman–Crippen MR) is 55.2 cm³/mol. The summed E-state index contributed by atoms with van der Waals surface area (Å²) in [6.45, 7) is 0. The molecule has 0 atom stereocenters. The molecule has 0 fully saturated rings. The van der Waals surface area contributed by atoms with E-state index < -0.39 is 5.97 Å². The van der Waals surface area contributed by atoms with Gasteiger partial charge in [0, 0.05) is 12.4 Å². The van der Waals surface area contributed by atoms with Crippen LogP contribution in [0, 0.1) is 0 Å². The second-order valence-electron chi connectivity index (χ2n) is 1.40. The van der Waals surface area contributed by atoms with Crippen LogP contribution in [0.5, 0.6) is 0 Å². The molecule has 0 aliphatic carbocycles. The fourth-order valence-electron chi connectivity index (χ4n) is 0.457. The molecule has 12 heteroatoms. The van der Waals surface area contributed by atoms with Gasteiger partial charge in [0.1, 0.15) is 0 Å². The van der Waals surface area contributed by atoms with Crippen LogP contribution in [-0.2, 0) is 0 Å². The minimum absolute atomic E-state index is 0. The Morgan fingerprint density at radius 3 is 1.47 bits per heavy atom. The van der Waals surface area contributed by atoms with Crippen LogP contribution in [0.4, 0.5) is 0 Å². The number of H-pyrrole nitrogens is 1. The monoisotopic (exact) mass is 313 g/mol. The Balaban J connectivity index is -0.0000000102. The Morgan fingerprint density at radius 2 is 1.35 bits per heavy atom. The standard InChI is InChI=1S/C5H5NO2.2ClH.Mg.6H2O/c7-5(8)4-1-2-6-3-4;;;;;;;;;/h1-3,6H,(H,7,8);2*1H;;6*1H2/q;;;+2;;;;;;/p-2. The number of carbonyl (C=O) groups is 1. The minimum Gasteiger partial charge on any atom is -1.00 e. The van der Waals surface area contributed by atoms with Gasteiger partial charge in [-0.15, -0.1) is 0 Å². The van der Waals surface area contributed by atoms with Crippen LogP contribution in [0.25, 0.3) is 0 Å². The minimum atomic E-state index is -0.897. The van der Waals surface area contributed by atoms with Crippen molar-refractivity contribution in [2.75, 3.05) is 0 Å². The fourth-order valence-corrected chi connectivity index (χ4v) is 0.457. The largest absolute Gasteiger partial charge is 2.00 e. The smallest absolute Gasteiger partial charge is 1.00 e. The van der Waals surface area contributed by atoms with Gasteiger partial charge in [0.25, 0.3) is 0 Å². The van der Waals surface area contributed by atoms with Gasteiger partial charge in [0.2, 0.25) is 0 Å². The van der Waals surface area contributed by atoms with E-state index in [1.165, 1.54) is 12.3 Å². The maximum absolute atomic E-state index is 10.0. The van der Waals surface area contributed by atoms with Crippen molar-refractivity contribution in [1.82, 2.24) is 4.98 Å². The van der Waals surface area contributed by atoms with E-state index in [1.54, 1.807) is 6.20 Å². The number of hydrogen-bond acceptors (Lipinski definition) is 1. The Hall–Kier alpha value is -0.144. The molecule has 0 spiro atoms. The van der Waals surface area contributed by atoms with Gasteiger partial charge in [-0.3, -0.25) is 0 Å². The predicted octanol–water partition coefficient (Wildman–Crippen LogP) is -10.6. The number of carboxylic acid groups (broad SMARTS) is 1. The molecule has 0 unspecified atom stereocenters. The number of halogens is 2. The van der Waals surface area contributed by atoms with Gasteiger partial charge in [-0.25, -0.2) is 4.79 Å². The third kappa shape index (κ3) is 25.8. The van der Waals surface area contributed by atoms with Crippen molar-refractivity contribution in [3.8, 4) is 0 Å². The summed E-state index contributed by atoms with van der Waals surface area (Å²) in [7, 11) is 0. The van der Waals surface area contributed by atoms with Crippen molar-refractivity contribution >= 4 is 29.0 Å². The van der Waals surface area contributed by atoms with E-state index in [-0.39, 0.29) is 80.7 Å². The summed E-state index contributed by atoms with van der Waals surface area (Å²) in [5.74, 6) is -0.897. The van der Waals surface area contributed by atoms with E-state index in [1.807, 2.05) is 0 Å². The van der Waals surface area contributed by atoms with Crippen molar-refractivity contribution in [2.45, 2.75) is 0 Å². The number of aromatic nitrogens is 1. The molecule has 0 saturated heterocycles.